The van der Waals surface area contributed by atoms with Crippen molar-refractivity contribution in [3.8, 4) is 0 Å². The van der Waals surface area contributed by atoms with Crippen LogP contribution in [0.5, 0.6) is 0 Å². The van der Waals surface area contributed by atoms with Crippen LogP contribution in [0.15, 0.2) is 22.8 Å². The first kappa shape index (κ1) is 13.5. The van der Waals surface area contributed by atoms with Gasteiger partial charge in [0.25, 0.3) is 0 Å². The number of nitrogens with zero attached hydrogens (tertiary/aromatic N) is 1. The minimum Gasteiger partial charge on any atom is -0.468 e. The van der Waals surface area contributed by atoms with Crippen LogP contribution in [-0.2, 0) is 4.74 Å². The molecule has 0 bridgehead atoms. The summed E-state index contributed by atoms with van der Waals surface area (Å²) >= 11 is 0. The topological polar surface area (TPSA) is 71.9 Å². The van der Waals surface area contributed by atoms with Gasteiger partial charge in [0, 0.05) is 39.1 Å². The highest BCUT2D eigenvalue weighted by molar-refractivity contribution is 5.05. The average Bonchev–Trinajstić information content (AvgIpc) is 2.84. The molecule has 1 aromatic rings. The van der Waals surface area contributed by atoms with E-state index in [9.17, 15) is 5.11 Å². The lowest BCUT2D eigenvalue weighted by atomic mass is 9.93. The van der Waals surface area contributed by atoms with Gasteiger partial charge in [-0.2, -0.15) is 0 Å². The van der Waals surface area contributed by atoms with Crippen LogP contribution in [0.25, 0.3) is 0 Å². The Morgan fingerprint density at radius 2 is 2.22 bits per heavy atom. The largest absolute Gasteiger partial charge is 0.468 e. The summed E-state index contributed by atoms with van der Waals surface area (Å²) in [5.74, 6) is 0.843. The summed E-state index contributed by atoms with van der Waals surface area (Å²) in [5, 5.41) is 10.5. The van der Waals surface area contributed by atoms with E-state index in [1.165, 1.54) is 0 Å². The lowest BCUT2D eigenvalue weighted by Gasteiger charge is -2.37. The second-order valence-corrected chi connectivity index (χ2v) is 5.02. The van der Waals surface area contributed by atoms with Gasteiger partial charge in [0.05, 0.1) is 17.9 Å². The molecule has 1 aliphatic heterocycles. The van der Waals surface area contributed by atoms with E-state index in [2.05, 4.69) is 4.90 Å². The van der Waals surface area contributed by atoms with Crippen molar-refractivity contribution in [2.75, 3.05) is 33.4 Å². The van der Waals surface area contributed by atoms with Gasteiger partial charge in [-0.1, -0.05) is 0 Å². The van der Waals surface area contributed by atoms with Crippen LogP contribution < -0.4 is 5.73 Å². The van der Waals surface area contributed by atoms with Crippen LogP contribution in [0.1, 0.15) is 24.6 Å². The van der Waals surface area contributed by atoms with Gasteiger partial charge in [-0.05, 0) is 19.2 Å². The summed E-state index contributed by atoms with van der Waals surface area (Å²) < 4.78 is 10.7. The smallest absolute Gasteiger partial charge is 0.122 e. The van der Waals surface area contributed by atoms with Crippen LogP contribution in [0.3, 0.4) is 0 Å². The molecule has 102 valence electrons. The SMILES string of the molecule is CN(CC1(O)CCOCC1)C(CN)c1ccco1. The molecule has 3 N–H and O–H groups in total. The fourth-order valence-electron chi connectivity index (χ4n) is 2.48. The molecule has 2 heterocycles. The molecule has 5 nitrogen and oxygen atoms in total. The Hall–Kier alpha value is -0.880. The minimum absolute atomic E-state index is 0.00636. The predicted molar refractivity (Wildman–Crippen MR) is 68.1 cm³/mol. The molecule has 5 heteroatoms. The van der Waals surface area contributed by atoms with Crippen molar-refractivity contribution in [1.29, 1.82) is 0 Å². The third-order valence-electron chi connectivity index (χ3n) is 3.59. The Morgan fingerprint density at radius 1 is 1.50 bits per heavy atom. The van der Waals surface area contributed by atoms with Crippen LogP contribution in [0.2, 0.25) is 0 Å². The van der Waals surface area contributed by atoms with E-state index >= 15 is 0 Å². The number of ether oxygens (including phenoxy) is 1. The molecule has 0 spiro atoms. The van der Waals surface area contributed by atoms with Gasteiger partial charge in [-0.15, -0.1) is 0 Å². The van der Waals surface area contributed by atoms with Crippen molar-refractivity contribution >= 4 is 0 Å². The van der Waals surface area contributed by atoms with Gasteiger partial charge in [-0.25, -0.2) is 0 Å². The quantitative estimate of drug-likeness (QED) is 0.811. The first-order valence-corrected chi connectivity index (χ1v) is 6.38. The normalized spacial score (nSPS) is 21.1. The van der Waals surface area contributed by atoms with Crippen LogP contribution in [-0.4, -0.2) is 49.0 Å². The van der Waals surface area contributed by atoms with Crippen molar-refractivity contribution in [3.05, 3.63) is 24.2 Å². The van der Waals surface area contributed by atoms with Crippen molar-refractivity contribution in [2.24, 2.45) is 5.73 Å². The van der Waals surface area contributed by atoms with Gasteiger partial charge < -0.3 is 20.0 Å². The molecule has 2 rings (SSSR count). The Kier molecular flexibility index (Phi) is 4.40. The number of aliphatic hydroxyl groups is 1. The Labute approximate surface area is 108 Å². The molecule has 1 atom stereocenters. The number of hydrogen-bond donors (Lipinski definition) is 2. The zero-order valence-electron chi connectivity index (χ0n) is 10.8. The average molecular weight is 254 g/mol. The highest BCUT2D eigenvalue weighted by atomic mass is 16.5. The molecule has 0 amide bonds. The van der Waals surface area contributed by atoms with Crippen LogP contribution >= 0.6 is 0 Å². The molecule has 1 aromatic heterocycles. The monoisotopic (exact) mass is 254 g/mol. The van der Waals surface area contributed by atoms with E-state index in [0.717, 1.165) is 5.76 Å². The zero-order chi connectivity index (χ0) is 13.0. The fourth-order valence-corrected chi connectivity index (χ4v) is 2.48. The molecule has 1 unspecified atom stereocenters. The van der Waals surface area contributed by atoms with E-state index in [1.54, 1.807) is 6.26 Å². The lowest BCUT2D eigenvalue weighted by Crippen LogP contribution is -2.47. The predicted octanol–water partition coefficient (Wildman–Crippen LogP) is 0.753. The number of nitrogens with two attached hydrogens (primary N) is 1. The van der Waals surface area contributed by atoms with Gasteiger partial charge >= 0.3 is 0 Å². The van der Waals surface area contributed by atoms with Gasteiger partial charge in [-0.3, -0.25) is 4.90 Å². The highest BCUT2D eigenvalue weighted by Gasteiger charge is 2.33. The van der Waals surface area contributed by atoms with E-state index in [4.69, 9.17) is 14.9 Å². The maximum atomic E-state index is 10.5. The second kappa shape index (κ2) is 5.84. The zero-order valence-corrected chi connectivity index (χ0v) is 10.8. The molecular weight excluding hydrogens is 232 g/mol. The fraction of sp³-hybridized carbons (Fsp3) is 0.692. The van der Waals surface area contributed by atoms with Crippen molar-refractivity contribution in [3.63, 3.8) is 0 Å². The second-order valence-electron chi connectivity index (χ2n) is 5.02. The molecule has 0 saturated carbocycles. The molecule has 0 aromatic carbocycles. The first-order valence-electron chi connectivity index (χ1n) is 6.38. The summed E-state index contributed by atoms with van der Waals surface area (Å²) in [4.78, 5) is 2.06. The Morgan fingerprint density at radius 3 is 2.78 bits per heavy atom. The third kappa shape index (κ3) is 3.11. The first-order chi connectivity index (χ1) is 8.64. The van der Waals surface area contributed by atoms with E-state index in [-0.39, 0.29) is 6.04 Å². The summed E-state index contributed by atoms with van der Waals surface area (Å²) in [6.07, 6.45) is 2.99. The van der Waals surface area contributed by atoms with Crippen LogP contribution in [0.4, 0.5) is 0 Å². The Bertz CT molecular complexity index is 347. The summed E-state index contributed by atoms with van der Waals surface area (Å²) in [6, 6.07) is 3.78. The maximum Gasteiger partial charge on any atom is 0.122 e. The molecule has 18 heavy (non-hydrogen) atoms. The minimum atomic E-state index is -0.674. The molecule has 0 aliphatic carbocycles. The maximum absolute atomic E-state index is 10.5. The molecule has 0 radical (unpaired) electrons. The molecule has 1 saturated heterocycles. The van der Waals surface area contributed by atoms with E-state index in [0.29, 0.717) is 39.1 Å². The highest BCUT2D eigenvalue weighted by Crippen LogP contribution is 2.26. The van der Waals surface area contributed by atoms with Crippen LogP contribution in [0, 0.1) is 0 Å². The molecule has 1 aliphatic rings. The van der Waals surface area contributed by atoms with Gasteiger partial charge in [0.15, 0.2) is 0 Å². The number of likely N-dealkylation sites (N-methyl/N-ethyl adjacent to an activating group) is 1. The van der Waals surface area contributed by atoms with Crippen molar-refractivity contribution in [1.82, 2.24) is 4.90 Å². The standard InChI is InChI=1S/C13H22N2O3/c1-15(10-13(16)4-7-17-8-5-13)11(9-14)12-3-2-6-18-12/h2-3,6,11,16H,4-5,7-10,14H2,1H3. The summed E-state index contributed by atoms with van der Waals surface area (Å²) in [7, 11) is 1.97. The van der Waals surface area contributed by atoms with Gasteiger partial charge in [0.1, 0.15) is 5.76 Å². The third-order valence-corrected chi connectivity index (χ3v) is 3.59. The number of furan rings is 1. The van der Waals surface area contributed by atoms with Gasteiger partial charge in [0.2, 0.25) is 0 Å². The molecular formula is C13H22N2O3. The number of rotatable bonds is 5. The Balaban J connectivity index is 1.99. The summed E-state index contributed by atoms with van der Waals surface area (Å²) in [5.41, 5.74) is 5.13. The molecule has 1 fully saturated rings. The van der Waals surface area contributed by atoms with Crippen molar-refractivity contribution in [2.45, 2.75) is 24.5 Å². The lowest BCUT2D eigenvalue weighted by molar-refractivity contribution is -0.0819. The van der Waals surface area contributed by atoms with Crippen molar-refractivity contribution < 1.29 is 14.3 Å². The van der Waals surface area contributed by atoms with E-state index < -0.39 is 5.60 Å². The van der Waals surface area contributed by atoms with E-state index in [1.807, 2.05) is 19.2 Å². The summed E-state index contributed by atoms with van der Waals surface area (Å²) in [6.45, 7) is 2.30. The number of hydrogen-bond acceptors (Lipinski definition) is 5.